The summed E-state index contributed by atoms with van der Waals surface area (Å²) in [5, 5.41) is 2.90. The highest BCUT2D eigenvalue weighted by Gasteiger charge is 2.10. The van der Waals surface area contributed by atoms with Crippen LogP contribution in [0.1, 0.15) is 22.8 Å². The topological polar surface area (TPSA) is 77.0 Å². The molecule has 0 bridgehead atoms. The Morgan fingerprint density at radius 1 is 1.08 bits per heavy atom. The molecule has 0 aliphatic carbocycles. The zero-order valence-corrected chi connectivity index (χ0v) is 13.8. The van der Waals surface area contributed by atoms with E-state index in [-0.39, 0.29) is 5.91 Å². The molecular formula is C19H18N4O2. The molecule has 25 heavy (non-hydrogen) atoms. The number of carbonyl (C=O) groups is 1. The van der Waals surface area contributed by atoms with Crippen LogP contribution in [-0.4, -0.2) is 27.5 Å². The van der Waals surface area contributed by atoms with E-state index in [9.17, 15) is 4.79 Å². The van der Waals surface area contributed by atoms with Crippen LogP contribution in [0.5, 0.6) is 5.88 Å². The molecule has 0 unspecified atom stereocenters. The summed E-state index contributed by atoms with van der Waals surface area (Å²) in [7, 11) is 0. The van der Waals surface area contributed by atoms with Crippen LogP contribution >= 0.6 is 0 Å². The quantitative estimate of drug-likeness (QED) is 0.750. The molecule has 1 amide bonds. The first-order valence-electron chi connectivity index (χ1n) is 7.99. The van der Waals surface area contributed by atoms with Crippen molar-refractivity contribution in [3.63, 3.8) is 0 Å². The van der Waals surface area contributed by atoms with Gasteiger partial charge in [-0.2, -0.15) is 0 Å². The van der Waals surface area contributed by atoms with Crippen molar-refractivity contribution < 1.29 is 9.53 Å². The molecule has 0 fully saturated rings. The summed E-state index contributed by atoms with van der Waals surface area (Å²) in [5.41, 5.74) is 3.12. The molecule has 0 aliphatic rings. The van der Waals surface area contributed by atoms with Crippen LogP contribution in [0.25, 0.3) is 11.3 Å². The smallest absolute Gasteiger partial charge is 0.253 e. The number of hydrogen-bond donors (Lipinski definition) is 1. The standard InChI is InChI=1S/C19H18N4O2/c1-2-25-17-8-7-16(13-22-17)19(24)23-12-15-6-4-10-21-18(15)14-5-3-9-20-11-14/h3-11,13H,2,12H2,1H3,(H,23,24). The average Bonchev–Trinajstić information content (AvgIpc) is 2.68. The highest BCUT2D eigenvalue weighted by Crippen LogP contribution is 2.19. The van der Waals surface area contributed by atoms with E-state index in [4.69, 9.17) is 4.74 Å². The minimum Gasteiger partial charge on any atom is -0.478 e. The number of aromatic nitrogens is 3. The van der Waals surface area contributed by atoms with E-state index < -0.39 is 0 Å². The first-order valence-corrected chi connectivity index (χ1v) is 7.99. The maximum Gasteiger partial charge on any atom is 0.253 e. The highest BCUT2D eigenvalue weighted by molar-refractivity contribution is 5.93. The summed E-state index contributed by atoms with van der Waals surface area (Å²) < 4.78 is 5.28. The van der Waals surface area contributed by atoms with Gasteiger partial charge in [0, 0.05) is 43.0 Å². The van der Waals surface area contributed by atoms with Gasteiger partial charge in [0.2, 0.25) is 5.88 Å². The van der Waals surface area contributed by atoms with E-state index in [1.807, 2.05) is 31.2 Å². The normalized spacial score (nSPS) is 10.3. The number of amides is 1. The minimum absolute atomic E-state index is 0.198. The predicted octanol–water partition coefficient (Wildman–Crippen LogP) is 2.87. The molecule has 3 aromatic rings. The monoisotopic (exact) mass is 334 g/mol. The van der Waals surface area contributed by atoms with Gasteiger partial charge < -0.3 is 10.1 Å². The van der Waals surface area contributed by atoms with Crippen molar-refractivity contribution in [3.8, 4) is 17.1 Å². The van der Waals surface area contributed by atoms with E-state index >= 15 is 0 Å². The fourth-order valence-electron chi connectivity index (χ4n) is 2.37. The minimum atomic E-state index is -0.198. The molecule has 0 spiro atoms. The summed E-state index contributed by atoms with van der Waals surface area (Å²) in [6.07, 6.45) is 6.70. The number of ether oxygens (including phenoxy) is 1. The molecule has 3 heterocycles. The summed E-state index contributed by atoms with van der Waals surface area (Å²) in [5.74, 6) is 0.307. The number of nitrogens with zero attached hydrogens (tertiary/aromatic N) is 3. The second-order valence-electron chi connectivity index (χ2n) is 5.25. The Bertz CT molecular complexity index is 836. The second-order valence-corrected chi connectivity index (χ2v) is 5.25. The molecule has 1 N–H and O–H groups in total. The van der Waals surface area contributed by atoms with Gasteiger partial charge in [-0.3, -0.25) is 14.8 Å². The second kappa shape index (κ2) is 8.01. The van der Waals surface area contributed by atoms with E-state index in [0.29, 0.717) is 24.6 Å². The lowest BCUT2D eigenvalue weighted by Crippen LogP contribution is -2.23. The molecule has 3 aromatic heterocycles. The van der Waals surface area contributed by atoms with Gasteiger partial charge in [-0.15, -0.1) is 0 Å². The van der Waals surface area contributed by atoms with Crippen LogP contribution in [0, 0.1) is 0 Å². The number of hydrogen-bond acceptors (Lipinski definition) is 5. The van der Waals surface area contributed by atoms with E-state index in [1.165, 1.54) is 6.20 Å². The van der Waals surface area contributed by atoms with Gasteiger partial charge in [-0.1, -0.05) is 6.07 Å². The van der Waals surface area contributed by atoms with Crippen LogP contribution in [0.4, 0.5) is 0 Å². The molecule has 0 aromatic carbocycles. The largest absolute Gasteiger partial charge is 0.478 e. The van der Waals surface area contributed by atoms with Crippen LogP contribution in [0.15, 0.2) is 61.2 Å². The summed E-state index contributed by atoms with van der Waals surface area (Å²) in [6.45, 7) is 2.79. The Kier molecular flexibility index (Phi) is 5.31. The van der Waals surface area contributed by atoms with Crippen molar-refractivity contribution >= 4 is 5.91 Å². The van der Waals surface area contributed by atoms with E-state index in [1.54, 1.807) is 30.7 Å². The van der Waals surface area contributed by atoms with Crippen LogP contribution in [0.2, 0.25) is 0 Å². The van der Waals surface area contributed by atoms with Crippen LogP contribution in [0.3, 0.4) is 0 Å². The SMILES string of the molecule is CCOc1ccc(C(=O)NCc2cccnc2-c2cccnc2)cn1. The summed E-state index contributed by atoms with van der Waals surface area (Å²) >= 11 is 0. The van der Waals surface area contributed by atoms with Gasteiger partial charge >= 0.3 is 0 Å². The third kappa shape index (κ3) is 4.17. The Balaban J connectivity index is 1.70. The number of carbonyl (C=O) groups excluding carboxylic acids is 1. The van der Waals surface area contributed by atoms with Crippen molar-refractivity contribution in [3.05, 3.63) is 72.3 Å². The number of nitrogens with one attached hydrogen (secondary N) is 1. The summed E-state index contributed by atoms with van der Waals surface area (Å²) in [4.78, 5) is 24.9. The first kappa shape index (κ1) is 16.6. The predicted molar refractivity (Wildman–Crippen MR) is 94.0 cm³/mol. The molecule has 0 aliphatic heterocycles. The zero-order valence-electron chi connectivity index (χ0n) is 13.8. The Morgan fingerprint density at radius 2 is 1.96 bits per heavy atom. The molecule has 3 rings (SSSR count). The molecule has 0 atom stereocenters. The summed E-state index contributed by atoms with van der Waals surface area (Å²) in [6, 6.07) is 11.0. The molecule has 6 nitrogen and oxygen atoms in total. The highest BCUT2D eigenvalue weighted by atomic mass is 16.5. The van der Waals surface area contributed by atoms with Crippen LogP contribution < -0.4 is 10.1 Å². The first-order chi connectivity index (χ1) is 12.3. The van der Waals surface area contributed by atoms with Crippen molar-refractivity contribution in [2.75, 3.05) is 6.61 Å². The van der Waals surface area contributed by atoms with Crippen molar-refractivity contribution in [1.82, 2.24) is 20.3 Å². The molecule has 6 heteroatoms. The Hall–Kier alpha value is -3.28. The lowest BCUT2D eigenvalue weighted by molar-refractivity contribution is 0.0950. The van der Waals surface area contributed by atoms with Crippen molar-refractivity contribution in [2.24, 2.45) is 0 Å². The van der Waals surface area contributed by atoms with Crippen LogP contribution in [-0.2, 0) is 6.54 Å². The average molecular weight is 334 g/mol. The fraction of sp³-hybridized carbons (Fsp3) is 0.158. The lowest BCUT2D eigenvalue weighted by atomic mass is 10.1. The maximum atomic E-state index is 12.3. The van der Waals surface area contributed by atoms with Gasteiger partial charge in [0.1, 0.15) is 0 Å². The molecular weight excluding hydrogens is 316 g/mol. The van der Waals surface area contributed by atoms with Gasteiger partial charge in [0.15, 0.2) is 0 Å². The number of rotatable bonds is 6. The Labute approximate surface area is 145 Å². The zero-order chi connectivity index (χ0) is 17.5. The van der Waals surface area contributed by atoms with Gasteiger partial charge in [0.25, 0.3) is 5.91 Å². The third-order valence-electron chi connectivity index (χ3n) is 3.56. The lowest BCUT2D eigenvalue weighted by Gasteiger charge is -2.10. The molecule has 0 radical (unpaired) electrons. The maximum absolute atomic E-state index is 12.3. The fourth-order valence-corrected chi connectivity index (χ4v) is 2.37. The van der Waals surface area contributed by atoms with Gasteiger partial charge in [0.05, 0.1) is 17.9 Å². The molecule has 0 saturated heterocycles. The van der Waals surface area contributed by atoms with Crippen molar-refractivity contribution in [1.29, 1.82) is 0 Å². The number of pyridine rings is 3. The van der Waals surface area contributed by atoms with Crippen molar-refractivity contribution in [2.45, 2.75) is 13.5 Å². The Morgan fingerprint density at radius 3 is 2.68 bits per heavy atom. The third-order valence-corrected chi connectivity index (χ3v) is 3.56. The van der Waals surface area contributed by atoms with Gasteiger partial charge in [-0.25, -0.2) is 4.98 Å². The van der Waals surface area contributed by atoms with E-state index in [2.05, 4.69) is 20.3 Å². The molecule has 0 saturated carbocycles. The molecule has 126 valence electrons. The van der Waals surface area contributed by atoms with Gasteiger partial charge in [-0.05, 0) is 36.8 Å². The van der Waals surface area contributed by atoms with E-state index in [0.717, 1.165) is 16.8 Å².